The highest BCUT2D eigenvalue weighted by atomic mass is 35.5. The second-order valence-electron chi connectivity index (χ2n) is 3.84. The van der Waals surface area contributed by atoms with Gasteiger partial charge in [-0.05, 0) is 42.2 Å². The fraction of sp³-hybridized carbons (Fsp3) is 0.143. The summed E-state index contributed by atoms with van der Waals surface area (Å²) in [4.78, 5) is 1.16. The van der Waals surface area contributed by atoms with E-state index in [-0.39, 0.29) is 0 Å². The molecule has 0 aromatic heterocycles. The molecule has 1 atom stereocenters. The van der Waals surface area contributed by atoms with Gasteiger partial charge in [-0.2, -0.15) is 0 Å². The average molecular weight is 299 g/mol. The molecule has 1 nitrogen and oxygen atoms in total. The van der Waals surface area contributed by atoms with Crippen LogP contribution in [0.5, 0.6) is 0 Å². The largest absolute Gasteiger partial charge is 0.384 e. The Balaban J connectivity index is 2.34. The lowest BCUT2D eigenvalue weighted by Crippen LogP contribution is -2.00. The van der Waals surface area contributed by atoms with Gasteiger partial charge < -0.3 is 5.11 Å². The summed E-state index contributed by atoms with van der Waals surface area (Å²) in [5.41, 5.74) is 1.43. The number of aliphatic hydroxyl groups excluding tert-OH is 1. The van der Waals surface area contributed by atoms with E-state index in [1.54, 1.807) is 30.0 Å². The van der Waals surface area contributed by atoms with Crippen LogP contribution in [0.1, 0.15) is 17.2 Å². The van der Waals surface area contributed by atoms with Gasteiger partial charge in [-0.3, -0.25) is 0 Å². The van der Waals surface area contributed by atoms with Crippen molar-refractivity contribution in [3.05, 3.63) is 63.6 Å². The summed E-state index contributed by atoms with van der Waals surface area (Å²) in [5, 5.41) is 11.4. The van der Waals surface area contributed by atoms with Gasteiger partial charge in [0.05, 0.1) is 0 Å². The van der Waals surface area contributed by atoms with Crippen molar-refractivity contribution in [3.8, 4) is 0 Å². The molecule has 0 amide bonds. The lowest BCUT2D eigenvalue weighted by Gasteiger charge is -2.14. The van der Waals surface area contributed by atoms with E-state index < -0.39 is 6.10 Å². The molecule has 0 heterocycles. The third-order valence-electron chi connectivity index (χ3n) is 2.68. The second kappa shape index (κ2) is 5.98. The van der Waals surface area contributed by atoms with Crippen molar-refractivity contribution in [2.24, 2.45) is 0 Å². The molecule has 0 aliphatic rings. The van der Waals surface area contributed by atoms with Gasteiger partial charge in [0.25, 0.3) is 0 Å². The molecule has 18 heavy (non-hydrogen) atoms. The molecule has 0 spiro atoms. The zero-order valence-corrected chi connectivity index (χ0v) is 12.1. The first-order chi connectivity index (χ1) is 8.61. The van der Waals surface area contributed by atoms with Crippen LogP contribution in [0.3, 0.4) is 0 Å². The van der Waals surface area contributed by atoms with Crippen LogP contribution in [0.25, 0.3) is 0 Å². The molecule has 2 aromatic carbocycles. The summed E-state index contributed by atoms with van der Waals surface area (Å²) < 4.78 is 0. The fourth-order valence-electron chi connectivity index (χ4n) is 1.69. The van der Waals surface area contributed by atoms with E-state index in [4.69, 9.17) is 23.2 Å². The van der Waals surface area contributed by atoms with Gasteiger partial charge in [-0.25, -0.2) is 0 Å². The fourth-order valence-corrected chi connectivity index (χ4v) is 2.50. The molecule has 4 heteroatoms. The van der Waals surface area contributed by atoms with Crippen LogP contribution in [0.4, 0.5) is 0 Å². The smallest absolute Gasteiger partial charge is 0.106 e. The van der Waals surface area contributed by atoms with Crippen molar-refractivity contribution in [3.63, 3.8) is 0 Å². The Morgan fingerprint density at radius 1 is 1.06 bits per heavy atom. The van der Waals surface area contributed by atoms with E-state index >= 15 is 0 Å². The molecule has 0 saturated heterocycles. The van der Waals surface area contributed by atoms with Crippen molar-refractivity contribution < 1.29 is 5.11 Å². The van der Waals surface area contributed by atoms with E-state index in [1.807, 2.05) is 30.5 Å². The van der Waals surface area contributed by atoms with Crippen molar-refractivity contribution in [1.82, 2.24) is 0 Å². The van der Waals surface area contributed by atoms with Gasteiger partial charge in [0.2, 0.25) is 0 Å². The Bertz CT molecular complexity index is 540. The molecule has 0 radical (unpaired) electrons. The van der Waals surface area contributed by atoms with Crippen LogP contribution >= 0.6 is 35.0 Å². The highest BCUT2D eigenvalue weighted by Crippen LogP contribution is 2.31. The molecule has 2 aromatic rings. The third kappa shape index (κ3) is 3.01. The molecule has 0 aliphatic carbocycles. The normalized spacial score (nSPS) is 12.4. The van der Waals surface area contributed by atoms with E-state index in [0.717, 1.165) is 10.5 Å². The molecule has 1 unspecified atom stereocenters. The summed E-state index contributed by atoms with van der Waals surface area (Å²) >= 11 is 13.7. The van der Waals surface area contributed by atoms with Crippen molar-refractivity contribution >= 4 is 35.0 Å². The van der Waals surface area contributed by atoms with Gasteiger partial charge in [-0.1, -0.05) is 35.3 Å². The SMILES string of the molecule is CSc1ccc(C(O)c2cc(Cl)ccc2Cl)cc1. The topological polar surface area (TPSA) is 20.2 Å². The van der Waals surface area contributed by atoms with Gasteiger partial charge in [0.1, 0.15) is 6.10 Å². The molecule has 0 fully saturated rings. The van der Waals surface area contributed by atoms with E-state index in [1.165, 1.54) is 0 Å². The van der Waals surface area contributed by atoms with Crippen LogP contribution < -0.4 is 0 Å². The Kier molecular flexibility index (Phi) is 4.57. The number of halogens is 2. The number of rotatable bonds is 3. The lowest BCUT2D eigenvalue weighted by molar-refractivity contribution is 0.220. The first kappa shape index (κ1) is 13.8. The monoisotopic (exact) mass is 298 g/mol. The number of aliphatic hydroxyl groups is 1. The Morgan fingerprint density at radius 2 is 1.72 bits per heavy atom. The number of thioether (sulfide) groups is 1. The minimum atomic E-state index is -0.757. The van der Waals surface area contributed by atoms with E-state index in [9.17, 15) is 5.11 Å². The first-order valence-electron chi connectivity index (χ1n) is 5.39. The van der Waals surface area contributed by atoms with Gasteiger partial charge in [-0.15, -0.1) is 11.8 Å². The van der Waals surface area contributed by atoms with Crippen molar-refractivity contribution in [2.75, 3.05) is 6.26 Å². The maximum absolute atomic E-state index is 10.3. The van der Waals surface area contributed by atoms with Gasteiger partial charge in [0, 0.05) is 20.5 Å². The summed E-state index contributed by atoms with van der Waals surface area (Å²) in [7, 11) is 0. The van der Waals surface area contributed by atoms with Crippen LogP contribution in [-0.4, -0.2) is 11.4 Å². The minimum absolute atomic E-state index is 0.515. The molecule has 0 saturated carbocycles. The maximum Gasteiger partial charge on any atom is 0.106 e. The molecule has 2 rings (SSSR count). The molecule has 1 N–H and O–H groups in total. The van der Waals surface area contributed by atoms with Crippen molar-refractivity contribution in [2.45, 2.75) is 11.0 Å². The highest BCUT2D eigenvalue weighted by Gasteiger charge is 2.14. The average Bonchev–Trinajstić information content (AvgIpc) is 2.41. The minimum Gasteiger partial charge on any atom is -0.384 e. The van der Waals surface area contributed by atoms with Crippen molar-refractivity contribution in [1.29, 1.82) is 0 Å². The summed E-state index contributed by atoms with van der Waals surface area (Å²) in [6.07, 6.45) is 1.26. The molecular weight excluding hydrogens is 287 g/mol. The Hall–Kier alpha value is -0.670. The predicted octanol–water partition coefficient (Wildman–Crippen LogP) is 4.80. The van der Waals surface area contributed by atoms with Gasteiger partial charge in [0.15, 0.2) is 0 Å². The summed E-state index contributed by atoms with van der Waals surface area (Å²) in [6.45, 7) is 0. The quantitative estimate of drug-likeness (QED) is 0.822. The summed E-state index contributed by atoms with van der Waals surface area (Å²) in [6, 6.07) is 12.8. The second-order valence-corrected chi connectivity index (χ2v) is 5.56. The van der Waals surface area contributed by atoms with E-state index in [0.29, 0.717) is 15.6 Å². The maximum atomic E-state index is 10.3. The number of benzene rings is 2. The van der Waals surface area contributed by atoms with Crippen LogP contribution in [0, 0.1) is 0 Å². The lowest BCUT2D eigenvalue weighted by atomic mass is 10.0. The highest BCUT2D eigenvalue weighted by molar-refractivity contribution is 7.98. The number of hydrogen-bond donors (Lipinski definition) is 1. The predicted molar refractivity (Wildman–Crippen MR) is 78.7 cm³/mol. The summed E-state index contributed by atoms with van der Waals surface area (Å²) in [5.74, 6) is 0. The van der Waals surface area contributed by atoms with Gasteiger partial charge >= 0.3 is 0 Å². The third-order valence-corrected chi connectivity index (χ3v) is 4.01. The first-order valence-corrected chi connectivity index (χ1v) is 7.37. The van der Waals surface area contributed by atoms with Crippen LogP contribution in [0.15, 0.2) is 47.4 Å². The zero-order chi connectivity index (χ0) is 13.1. The van der Waals surface area contributed by atoms with Crippen LogP contribution in [0.2, 0.25) is 10.0 Å². The molecule has 94 valence electrons. The Labute approximate surface area is 121 Å². The van der Waals surface area contributed by atoms with Crippen LogP contribution in [-0.2, 0) is 0 Å². The Morgan fingerprint density at radius 3 is 2.33 bits per heavy atom. The van der Waals surface area contributed by atoms with E-state index in [2.05, 4.69) is 0 Å². The molecular formula is C14H12Cl2OS. The standard InChI is InChI=1S/C14H12Cl2OS/c1-18-11-5-2-9(3-6-11)14(17)12-8-10(15)4-7-13(12)16/h2-8,14,17H,1H3. The zero-order valence-electron chi connectivity index (χ0n) is 9.73. The molecule has 0 aliphatic heterocycles. The number of hydrogen-bond acceptors (Lipinski definition) is 2. The molecule has 0 bridgehead atoms.